The molecule has 21 heavy (non-hydrogen) atoms. The molecule has 2 aromatic heterocycles. The van der Waals surface area contributed by atoms with Gasteiger partial charge in [-0.15, -0.1) is 0 Å². The molecule has 7 nitrogen and oxygen atoms in total. The minimum absolute atomic E-state index is 0.354. The summed E-state index contributed by atoms with van der Waals surface area (Å²) in [6.07, 6.45) is 1.73. The molecule has 3 rings (SSSR count). The average Bonchev–Trinajstić information content (AvgIpc) is 2.96. The summed E-state index contributed by atoms with van der Waals surface area (Å²) in [5.41, 5.74) is 5.41. The first-order chi connectivity index (χ1) is 10.2. The van der Waals surface area contributed by atoms with Crippen LogP contribution >= 0.6 is 0 Å². The predicted octanol–water partition coefficient (Wildman–Crippen LogP) is 2.10. The highest BCUT2D eigenvalue weighted by Crippen LogP contribution is 2.30. The fourth-order valence-corrected chi connectivity index (χ4v) is 2.34. The summed E-state index contributed by atoms with van der Waals surface area (Å²) >= 11 is 0. The Labute approximate surface area is 122 Å². The SMILES string of the molecule is CCN(c1cccc(C)c1)c1nc(NN)nc2[nH]ncc12. The fourth-order valence-electron chi connectivity index (χ4n) is 2.34. The van der Waals surface area contributed by atoms with Gasteiger partial charge in [-0.3, -0.25) is 10.5 Å². The highest BCUT2D eigenvalue weighted by Gasteiger charge is 2.16. The van der Waals surface area contributed by atoms with Gasteiger partial charge in [0.15, 0.2) is 5.65 Å². The second-order valence-corrected chi connectivity index (χ2v) is 4.73. The van der Waals surface area contributed by atoms with Gasteiger partial charge in [0.05, 0.1) is 11.6 Å². The highest BCUT2D eigenvalue weighted by molar-refractivity contribution is 5.90. The molecule has 2 heterocycles. The van der Waals surface area contributed by atoms with Crippen LogP contribution in [0.5, 0.6) is 0 Å². The van der Waals surface area contributed by atoms with Crippen LogP contribution in [0.3, 0.4) is 0 Å². The number of H-pyrrole nitrogens is 1. The predicted molar refractivity (Wildman–Crippen MR) is 83.4 cm³/mol. The van der Waals surface area contributed by atoms with Gasteiger partial charge in [-0.05, 0) is 31.5 Å². The first-order valence-corrected chi connectivity index (χ1v) is 6.75. The molecule has 3 aromatic rings. The summed E-state index contributed by atoms with van der Waals surface area (Å²) in [5.74, 6) is 6.58. The van der Waals surface area contributed by atoms with Crippen LogP contribution in [0.25, 0.3) is 11.0 Å². The van der Waals surface area contributed by atoms with Gasteiger partial charge in [-0.25, -0.2) is 5.84 Å². The molecular weight excluding hydrogens is 266 g/mol. The zero-order chi connectivity index (χ0) is 14.8. The summed E-state index contributed by atoms with van der Waals surface area (Å²) in [6, 6.07) is 8.27. The van der Waals surface area contributed by atoms with Crippen molar-refractivity contribution in [3.8, 4) is 0 Å². The van der Waals surface area contributed by atoms with E-state index in [4.69, 9.17) is 5.84 Å². The van der Waals surface area contributed by atoms with Gasteiger partial charge >= 0.3 is 0 Å². The Hall–Kier alpha value is -2.67. The average molecular weight is 283 g/mol. The maximum atomic E-state index is 5.46. The van der Waals surface area contributed by atoms with E-state index in [-0.39, 0.29) is 0 Å². The van der Waals surface area contributed by atoms with Crippen LogP contribution in [0.4, 0.5) is 17.5 Å². The van der Waals surface area contributed by atoms with Crippen molar-refractivity contribution < 1.29 is 0 Å². The van der Waals surface area contributed by atoms with Crippen molar-refractivity contribution in [3.63, 3.8) is 0 Å². The first-order valence-electron chi connectivity index (χ1n) is 6.75. The molecule has 108 valence electrons. The lowest BCUT2D eigenvalue weighted by molar-refractivity contribution is 0.985. The van der Waals surface area contributed by atoms with E-state index in [0.717, 1.165) is 23.4 Å². The summed E-state index contributed by atoms with van der Waals surface area (Å²) in [5, 5.41) is 7.75. The minimum atomic E-state index is 0.354. The van der Waals surface area contributed by atoms with Crippen molar-refractivity contribution >= 4 is 28.5 Å². The molecule has 7 heteroatoms. The van der Waals surface area contributed by atoms with Crippen molar-refractivity contribution in [2.75, 3.05) is 16.9 Å². The number of rotatable bonds is 4. The number of nitrogen functional groups attached to an aromatic ring is 1. The number of nitrogens with one attached hydrogen (secondary N) is 2. The molecule has 0 unspecified atom stereocenters. The van der Waals surface area contributed by atoms with E-state index in [1.807, 2.05) is 6.07 Å². The number of fused-ring (bicyclic) bond motifs is 1. The van der Waals surface area contributed by atoms with Crippen molar-refractivity contribution in [2.45, 2.75) is 13.8 Å². The van der Waals surface area contributed by atoms with Crippen LogP contribution in [0.2, 0.25) is 0 Å². The Kier molecular flexibility index (Phi) is 3.41. The van der Waals surface area contributed by atoms with Crippen LogP contribution < -0.4 is 16.2 Å². The van der Waals surface area contributed by atoms with Gasteiger partial charge in [0.2, 0.25) is 5.95 Å². The van der Waals surface area contributed by atoms with Gasteiger partial charge in [-0.2, -0.15) is 15.1 Å². The van der Waals surface area contributed by atoms with Gasteiger partial charge in [0, 0.05) is 12.2 Å². The van der Waals surface area contributed by atoms with E-state index in [1.165, 1.54) is 5.56 Å². The Morgan fingerprint density at radius 2 is 2.19 bits per heavy atom. The molecule has 0 saturated heterocycles. The van der Waals surface area contributed by atoms with E-state index in [0.29, 0.717) is 11.6 Å². The van der Waals surface area contributed by atoms with Crippen molar-refractivity contribution in [1.29, 1.82) is 0 Å². The lowest BCUT2D eigenvalue weighted by atomic mass is 10.2. The molecule has 0 atom stereocenters. The Balaban J connectivity index is 2.18. The first kappa shape index (κ1) is 13.3. The van der Waals surface area contributed by atoms with Crippen LogP contribution in [-0.4, -0.2) is 26.7 Å². The van der Waals surface area contributed by atoms with Gasteiger partial charge in [0.1, 0.15) is 5.82 Å². The summed E-state index contributed by atoms with van der Waals surface area (Å²) in [7, 11) is 0. The second-order valence-electron chi connectivity index (χ2n) is 4.73. The summed E-state index contributed by atoms with van der Waals surface area (Å²) in [6.45, 7) is 4.91. The van der Waals surface area contributed by atoms with Crippen LogP contribution in [0.15, 0.2) is 30.5 Å². The highest BCUT2D eigenvalue weighted by atomic mass is 15.3. The molecule has 4 N–H and O–H groups in total. The van der Waals surface area contributed by atoms with Gasteiger partial charge in [-0.1, -0.05) is 12.1 Å². The second kappa shape index (κ2) is 5.37. The molecule has 0 saturated carbocycles. The number of hydrazine groups is 1. The number of aromatic amines is 1. The molecular formula is C14H17N7. The number of nitrogens with zero attached hydrogens (tertiary/aromatic N) is 4. The number of aromatic nitrogens is 4. The zero-order valence-corrected chi connectivity index (χ0v) is 12.0. The Morgan fingerprint density at radius 3 is 2.90 bits per heavy atom. The van der Waals surface area contributed by atoms with E-state index in [9.17, 15) is 0 Å². The molecule has 0 spiro atoms. The monoisotopic (exact) mass is 283 g/mol. The Bertz CT molecular complexity index is 765. The normalized spacial score (nSPS) is 10.8. The molecule has 1 aromatic carbocycles. The number of benzene rings is 1. The van der Waals surface area contributed by atoms with Crippen LogP contribution in [0.1, 0.15) is 12.5 Å². The fraction of sp³-hybridized carbons (Fsp3) is 0.214. The summed E-state index contributed by atoms with van der Waals surface area (Å²) < 4.78 is 0. The van der Waals surface area contributed by atoms with Crippen molar-refractivity contribution in [3.05, 3.63) is 36.0 Å². The third-order valence-electron chi connectivity index (χ3n) is 3.30. The summed E-state index contributed by atoms with van der Waals surface area (Å²) in [4.78, 5) is 10.8. The largest absolute Gasteiger partial charge is 0.326 e. The third-order valence-corrected chi connectivity index (χ3v) is 3.30. The number of hydrogen-bond donors (Lipinski definition) is 3. The van der Waals surface area contributed by atoms with E-state index < -0.39 is 0 Å². The lowest BCUT2D eigenvalue weighted by Gasteiger charge is -2.23. The van der Waals surface area contributed by atoms with Gasteiger partial charge < -0.3 is 4.90 Å². The van der Waals surface area contributed by atoms with E-state index >= 15 is 0 Å². The molecule has 0 aliphatic carbocycles. The molecule has 0 aliphatic heterocycles. The number of anilines is 3. The zero-order valence-electron chi connectivity index (χ0n) is 12.0. The number of hydrogen-bond acceptors (Lipinski definition) is 6. The topological polar surface area (TPSA) is 95.8 Å². The van der Waals surface area contributed by atoms with Crippen LogP contribution in [0, 0.1) is 6.92 Å². The van der Waals surface area contributed by atoms with Crippen molar-refractivity contribution in [1.82, 2.24) is 20.2 Å². The molecule has 0 radical (unpaired) electrons. The van der Waals surface area contributed by atoms with Crippen molar-refractivity contribution in [2.24, 2.45) is 5.84 Å². The molecule has 0 aliphatic rings. The number of nitrogens with two attached hydrogens (primary N) is 1. The quantitative estimate of drug-likeness (QED) is 0.501. The minimum Gasteiger partial charge on any atom is -0.326 e. The molecule has 0 amide bonds. The van der Waals surface area contributed by atoms with Crippen LogP contribution in [-0.2, 0) is 0 Å². The standard InChI is InChI=1S/C14H17N7/c1-3-21(10-6-4-5-9(2)7-10)13-11-8-16-20-12(11)17-14(18-13)19-15/h4-8H,3,15H2,1-2H3,(H2,16,17,18,19,20). The molecule has 0 fully saturated rings. The smallest absolute Gasteiger partial charge is 0.241 e. The van der Waals surface area contributed by atoms with E-state index in [2.05, 4.69) is 62.5 Å². The lowest BCUT2D eigenvalue weighted by Crippen LogP contribution is -2.20. The maximum absolute atomic E-state index is 5.46. The molecule has 0 bridgehead atoms. The third kappa shape index (κ3) is 2.38. The van der Waals surface area contributed by atoms with E-state index in [1.54, 1.807) is 6.20 Å². The Morgan fingerprint density at radius 1 is 1.33 bits per heavy atom. The van der Waals surface area contributed by atoms with Gasteiger partial charge in [0.25, 0.3) is 0 Å². The maximum Gasteiger partial charge on any atom is 0.241 e. The number of aryl methyl sites for hydroxylation is 1.